The third-order valence-electron chi connectivity index (χ3n) is 10.2. The average molecular weight is 725 g/mol. The number of anilines is 3. The minimum absolute atomic E-state index is 0.103. The van der Waals surface area contributed by atoms with E-state index in [-0.39, 0.29) is 35.3 Å². The maximum atomic E-state index is 8.55. The Morgan fingerprint density at radius 2 is 0.732 bits per heavy atom. The molecule has 10 rings (SSSR count). The Morgan fingerprint density at radius 1 is 0.321 bits per heavy atom. The third-order valence-corrected chi connectivity index (χ3v) is 10.2. The van der Waals surface area contributed by atoms with Gasteiger partial charge in [-0.3, -0.25) is 0 Å². The molecular weight excluding hydrogens is 677 g/mol. The molecule has 0 aliphatic heterocycles. The Balaban J connectivity index is 1.05. The molecule has 0 fully saturated rings. The molecule has 0 N–H and O–H groups in total. The van der Waals surface area contributed by atoms with Crippen molar-refractivity contribution in [3.8, 4) is 50.2 Å². The van der Waals surface area contributed by atoms with Crippen LogP contribution in [0.4, 0.5) is 17.1 Å². The van der Waals surface area contributed by atoms with Crippen molar-refractivity contribution in [1.82, 2.24) is 4.57 Å². The van der Waals surface area contributed by atoms with Crippen LogP contribution in [0.25, 0.3) is 72.0 Å². The smallest absolute Gasteiger partial charge is 0.0629 e. The summed E-state index contributed by atoms with van der Waals surface area (Å²) >= 11 is 0. The molecule has 264 valence electrons. The van der Waals surface area contributed by atoms with Gasteiger partial charge in [0.2, 0.25) is 0 Å². The van der Waals surface area contributed by atoms with Gasteiger partial charge in [0.15, 0.2) is 0 Å². The first-order chi connectivity index (χ1) is 31.9. The summed E-state index contributed by atoms with van der Waals surface area (Å²) in [5.74, 6) is 0. The molecule has 2 heteroatoms. The molecule has 0 radical (unpaired) electrons. The van der Waals surface area contributed by atoms with E-state index in [0.29, 0.717) is 22.5 Å². The van der Waals surface area contributed by atoms with Crippen molar-refractivity contribution in [3.05, 3.63) is 230 Å². The number of hydrogen-bond donors (Lipinski definition) is 0. The Bertz CT molecular complexity index is 3330. The fourth-order valence-corrected chi connectivity index (χ4v) is 7.46. The molecule has 1 heterocycles. The van der Waals surface area contributed by atoms with Gasteiger partial charge in [-0.15, -0.1) is 0 Å². The van der Waals surface area contributed by atoms with Crippen molar-refractivity contribution in [2.45, 2.75) is 0 Å². The molecule has 2 nitrogen and oxygen atoms in total. The lowest BCUT2D eigenvalue weighted by molar-refractivity contribution is 1.18. The van der Waals surface area contributed by atoms with Crippen LogP contribution in [0.15, 0.2) is 230 Å². The Hall–Kier alpha value is -7.42. The number of aromatic nitrogens is 1. The van der Waals surface area contributed by atoms with Crippen LogP contribution in [0.5, 0.6) is 0 Å². The molecule has 0 bridgehead atoms. The minimum Gasteiger partial charge on any atom is -0.311 e. The Morgan fingerprint density at radius 3 is 1.29 bits per heavy atom. The van der Waals surface area contributed by atoms with Crippen LogP contribution in [0.1, 0.15) is 13.7 Å². The van der Waals surface area contributed by atoms with Gasteiger partial charge >= 0.3 is 0 Å². The molecule has 1 aromatic heterocycles. The first kappa shape index (κ1) is 24.1. The van der Waals surface area contributed by atoms with Crippen LogP contribution >= 0.6 is 0 Å². The largest absolute Gasteiger partial charge is 0.311 e. The fraction of sp³-hybridized carbons (Fsp3) is 0. The Kier molecular flexibility index (Phi) is 6.21. The topological polar surface area (TPSA) is 8.17 Å². The maximum Gasteiger partial charge on any atom is 0.0629 e. The van der Waals surface area contributed by atoms with Crippen molar-refractivity contribution in [1.29, 1.82) is 0 Å². The van der Waals surface area contributed by atoms with Gasteiger partial charge in [-0.1, -0.05) is 170 Å². The highest BCUT2D eigenvalue weighted by atomic mass is 15.1. The van der Waals surface area contributed by atoms with E-state index in [9.17, 15) is 0 Å². The number of nitrogens with zero attached hydrogens (tertiary/aromatic N) is 2. The zero-order valence-corrected chi connectivity index (χ0v) is 30.1. The summed E-state index contributed by atoms with van der Waals surface area (Å²) in [4.78, 5) is 2.00. The number of benzene rings is 9. The zero-order valence-electron chi connectivity index (χ0n) is 40.1. The highest BCUT2D eigenvalue weighted by Gasteiger charge is 2.16. The monoisotopic (exact) mass is 724 g/mol. The van der Waals surface area contributed by atoms with E-state index in [1.54, 1.807) is 24.3 Å². The van der Waals surface area contributed by atoms with Gasteiger partial charge in [0.1, 0.15) is 0 Å². The van der Waals surface area contributed by atoms with Crippen molar-refractivity contribution in [2.24, 2.45) is 0 Å². The molecule has 0 aliphatic rings. The molecule has 0 unspecified atom stereocenters. The third kappa shape index (κ3) is 6.24. The molecule has 0 atom stereocenters. The number of para-hydroxylation sites is 1. The van der Waals surface area contributed by atoms with Gasteiger partial charge in [0, 0.05) is 33.5 Å². The van der Waals surface area contributed by atoms with Gasteiger partial charge in [0.05, 0.1) is 24.7 Å². The molecular formula is C54H38N2. The van der Waals surface area contributed by atoms with Crippen molar-refractivity contribution in [3.63, 3.8) is 0 Å². The van der Waals surface area contributed by atoms with E-state index in [0.717, 1.165) is 55.4 Å². The summed E-state index contributed by atoms with van der Waals surface area (Å²) in [5, 5.41) is 2.30. The standard InChI is InChI=1S/C54H38N2/c1-4-12-39(13-5-1)42-20-29-47(30-21-42)55(48-31-22-43(23-32-48)40-14-6-2-7-15-40)49-33-26-45(27-34-49)46-28-37-52-51-18-10-11-19-53(51)56(54(52)38-46)50-35-24-44(25-36-50)41-16-8-3-9-17-41/h1-38H/i1D,2D,4D,5D,6D,7D,12D,13D,14D,15D. The van der Waals surface area contributed by atoms with Gasteiger partial charge in [0.25, 0.3) is 0 Å². The van der Waals surface area contributed by atoms with Crippen LogP contribution in [0.3, 0.4) is 0 Å². The molecule has 0 spiro atoms. The van der Waals surface area contributed by atoms with Gasteiger partial charge in [-0.2, -0.15) is 0 Å². The molecule has 0 saturated heterocycles. The van der Waals surface area contributed by atoms with E-state index in [2.05, 4.69) is 95.6 Å². The quantitative estimate of drug-likeness (QED) is 0.151. The summed E-state index contributed by atoms with van der Waals surface area (Å²) in [6, 6.07) is 52.6. The van der Waals surface area contributed by atoms with E-state index in [1.807, 2.05) is 59.5 Å². The lowest BCUT2D eigenvalue weighted by Gasteiger charge is -2.26. The highest BCUT2D eigenvalue weighted by molar-refractivity contribution is 6.10. The summed E-state index contributed by atoms with van der Waals surface area (Å²) in [6.07, 6.45) is 0. The molecule has 0 saturated carbocycles. The van der Waals surface area contributed by atoms with E-state index in [1.165, 1.54) is 0 Å². The fourth-order valence-electron chi connectivity index (χ4n) is 7.46. The second kappa shape index (κ2) is 14.4. The normalized spacial score (nSPS) is 13.7. The summed E-state index contributed by atoms with van der Waals surface area (Å²) in [7, 11) is 0. The number of hydrogen-bond acceptors (Lipinski definition) is 1. The molecule has 9 aromatic carbocycles. The number of fused-ring (bicyclic) bond motifs is 3. The summed E-state index contributed by atoms with van der Waals surface area (Å²) in [5.41, 5.74) is 10.9. The van der Waals surface area contributed by atoms with Crippen LogP contribution in [-0.4, -0.2) is 4.57 Å². The lowest BCUT2D eigenvalue weighted by atomic mass is 10.0. The van der Waals surface area contributed by atoms with Crippen LogP contribution in [0, 0.1) is 0 Å². The minimum atomic E-state index is -0.455. The zero-order chi connectivity index (χ0) is 46.0. The van der Waals surface area contributed by atoms with Gasteiger partial charge in [-0.25, -0.2) is 0 Å². The van der Waals surface area contributed by atoms with E-state index < -0.39 is 36.3 Å². The Labute approximate surface area is 341 Å². The van der Waals surface area contributed by atoms with Crippen LogP contribution < -0.4 is 4.90 Å². The van der Waals surface area contributed by atoms with Crippen LogP contribution in [-0.2, 0) is 0 Å². The summed E-state index contributed by atoms with van der Waals surface area (Å²) in [6.45, 7) is 0. The second-order valence-electron chi connectivity index (χ2n) is 13.5. The van der Waals surface area contributed by atoms with Crippen molar-refractivity contribution >= 4 is 38.9 Å². The van der Waals surface area contributed by atoms with Crippen molar-refractivity contribution < 1.29 is 13.7 Å². The predicted molar refractivity (Wildman–Crippen MR) is 237 cm³/mol. The molecule has 56 heavy (non-hydrogen) atoms. The first-order valence-electron chi connectivity index (χ1n) is 23.4. The number of rotatable bonds is 8. The highest BCUT2D eigenvalue weighted by Crippen LogP contribution is 2.39. The second-order valence-corrected chi connectivity index (χ2v) is 13.5. The van der Waals surface area contributed by atoms with E-state index >= 15 is 0 Å². The predicted octanol–water partition coefficient (Wildman–Crippen LogP) is 14.9. The van der Waals surface area contributed by atoms with E-state index in [4.69, 9.17) is 13.7 Å². The summed E-state index contributed by atoms with van der Waals surface area (Å²) < 4.78 is 85.5. The maximum absolute atomic E-state index is 8.55. The van der Waals surface area contributed by atoms with Gasteiger partial charge in [-0.05, 0) is 105 Å². The molecule has 0 aliphatic carbocycles. The van der Waals surface area contributed by atoms with Crippen LogP contribution in [0.2, 0.25) is 0 Å². The molecule has 0 amide bonds. The average Bonchev–Trinajstić information content (AvgIpc) is 3.69. The SMILES string of the molecule is [2H]c1c([2H])c([2H])c(-c2ccc(N(c3ccc(-c4ccc5c6ccccc6n(-c6ccc(-c7ccccc7)cc6)c5c4)cc3)c3ccc(-c4c([2H])c([2H])c([2H])c([2H])c4[2H])cc3)cc2)c([2H])c1[2H]. The van der Waals surface area contributed by atoms with Crippen molar-refractivity contribution in [2.75, 3.05) is 4.90 Å². The lowest BCUT2D eigenvalue weighted by Crippen LogP contribution is -2.09. The first-order valence-corrected chi connectivity index (χ1v) is 18.4. The van der Waals surface area contributed by atoms with Gasteiger partial charge < -0.3 is 9.47 Å². The molecule has 10 aromatic rings.